The lowest BCUT2D eigenvalue weighted by molar-refractivity contribution is -0.144. The van der Waals surface area contributed by atoms with Crippen LogP contribution in [-0.4, -0.2) is 29.9 Å². The van der Waals surface area contributed by atoms with Gasteiger partial charge in [0.2, 0.25) is 0 Å². The van der Waals surface area contributed by atoms with Crippen molar-refractivity contribution in [1.82, 2.24) is 5.32 Å². The molecule has 2 atom stereocenters. The van der Waals surface area contributed by atoms with Crippen LogP contribution in [0.25, 0.3) is 0 Å². The molecule has 0 radical (unpaired) electrons. The van der Waals surface area contributed by atoms with Crippen LogP contribution in [0.5, 0.6) is 0 Å². The van der Waals surface area contributed by atoms with Gasteiger partial charge in [0, 0.05) is 6.54 Å². The monoisotopic (exact) mass is 478 g/mol. The smallest absolute Gasteiger partial charge is 0.416 e. The molecule has 0 aliphatic carbocycles. The van der Waals surface area contributed by atoms with E-state index in [9.17, 15) is 36.2 Å². The lowest BCUT2D eigenvalue weighted by Crippen LogP contribution is -2.55. The highest BCUT2D eigenvalue weighted by molar-refractivity contribution is 5.78. The zero-order valence-corrected chi connectivity index (χ0v) is 17.6. The molecule has 2 aromatic rings. The zero-order valence-electron chi connectivity index (χ0n) is 17.6. The van der Waals surface area contributed by atoms with Crippen LogP contribution in [0.15, 0.2) is 48.5 Å². The molecule has 2 aromatic carbocycles. The Bertz CT molecular complexity index is 902. The number of carboxylic acid groups (broad SMARTS) is 1. The fourth-order valence-corrected chi connectivity index (χ4v) is 3.05. The van der Waals surface area contributed by atoms with E-state index in [1.54, 1.807) is 12.1 Å². The molecule has 33 heavy (non-hydrogen) atoms. The number of carbonyl (C=O) groups is 1. The van der Waals surface area contributed by atoms with Gasteiger partial charge in [0.25, 0.3) is 0 Å². The molecule has 11 heteroatoms. The van der Waals surface area contributed by atoms with Crippen LogP contribution >= 0.6 is 0 Å². The first-order valence-corrected chi connectivity index (χ1v) is 9.90. The largest absolute Gasteiger partial charge is 0.480 e. The van der Waals surface area contributed by atoms with Crippen LogP contribution in [-0.2, 0) is 28.3 Å². The molecule has 0 aromatic heterocycles. The van der Waals surface area contributed by atoms with Crippen molar-refractivity contribution in [2.75, 3.05) is 13.3 Å². The maximum Gasteiger partial charge on any atom is 0.416 e. The fraction of sp³-hybridized carbons (Fsp3) is 0.409. The van der Waals surface area contributed by atoms with E-state index in [0.717, 1.165) is 5.56 Å². The topological polar surface area (TPSA) is 84.6 Å². The average Bonchev–Trinajstić information content (AvgIpc) is 2.74. The summed E-state index contributed by atoms with van der Waals surface area (Å²) in [6.07, 6.45) is -10.6. The van der Waals surface area contributed by atoms with Crippen molar-refractivity contribution in [2.45, 2.75) is 43.8 Å². The normalized spacial score (nSPS) is 15.2. The Hall–Kier alpha value is -2.63. The van der Waals surface area contributed by atoms with Crippen LogP contribution in [0.4, 0.5) is 26.3 Å². The number of hydrogen-bond acceptors (Lipinski definition) is 4. The van der Waals surface area contributed by atoms with Crippen molar-refractivity contribution < 1.29 is 41.0 Å². The van der Waals surface area contributed by atoms with Crippen molar-refractivity contribution in [3.8, 4) is 0 Å². The maximum atomic E-state index is 13.0. The second-order valence-corrected chi connectivity index (χ2v) is 7.67. The molecule has 0 aliphatic heterocycles. The molecule has 5 nitrogen and oxygen atoms in total. The minimum atomic E-state index is -4.96. The number of nitrogens with two attached hydrogens (primary N) is 1. The zero-order chi connectivity index (χ0) is 24.9. The quantitative estimate of drug-likeness (QED) is 0.261. The third-order valence-electron chi connectivity index (χ3n) is 5.08. The van der Waals surface area contributed by atoms with E-state index in [2.05, 4.69) is 5.32 Å². The summed E-state index contributed by atoms with van der Waals surface area (Å²) in [6, 6.07) is 10.3. The van der Waals surface area contributed by atoms with Gasteiger partial charge in [-0.25, -0.2) is 0 Å². The number of alkyl halides is 6. The summed E-state index contributed by atoms with van der Waals surface area (Å²) in [7, 11) is 0. The SMILES string of the molecule is C[C@@H](OCNC[C@@](N)(CCc1ccccc1)C(=O)O)c1cc(C(F)(F)F)cc(C(F)(F)F)c1. The highest BCUT2D eigenvalue weighted by atomic mass is 19.4. The van der Waals surface area contributed by atoms with E-state index in [-0.39, 0.29) is 31.3 Å². The van der Waals surface area contributed by atoms with Gasteiger partial charge in [0.1, 0.15) is 5.54 Å². The van der Waals surface area contributed by atoms with E-state index < -0.39 is 41.1 Å². The second-order valence-electron chi connectivity index (χ2n) is 7.67. The van der Waals surface area contributed by atoms with Gasteiger partial charge < -0.3 is 15.6 Å². The average molecular weight is 478 g/mol. The Labute approximate surface area is 186 Å². The second kappa shape index (κ2) is 10.5. The summed E-state index contributed by atoms with van der Waals surface area (Å²) in [4.78, 5) is 11.6. The minimum Gasteiger partial charge on any atom is -0.480 e. The molecular weight excluding hydrogens is 454 g/mol. The molecule has 0 fully saturated rings. The third-order valence-corrected chi connectivity index (χ3v) is 5.08. The van der Waals surface area contributed by atoms with Crippen LogP contribution in [0.2, 0.25) is 0 Å². The Morgan fingerprint density at radius 3 is 2.06 bits per heavy atom. The van der Waals surface area contributed by atoms with Crippen molar-refractivity contribution in [3.63, 3.8) is 0 Å². The van der Waals surface area contributed by atoms with Gasteiger partial charge in [-0.1, -0.05) is 30.3 Å². The van der Waals surface area contributed by atoms with Gasteiger partial charge in [-0.3, -0.25) is 10.1 Å². The molecule has 0 amide bonds. The number of hydrogen-bond donors (Lipinski definition) is 3. The van der Waals surface area contributed by atoms with Crippen molar-refractivity contribution >= 4 is 5.97 Å². The molecule has 0 unspecified atom stereocenters. The Morgan fingerprint density at radius 2 is 1.58 bits per heavy atom. The van der Waals surface area contributed by atoms with Gasteiger partial charge >= 0.3 is 18.3 Å². The Morgan fingerprint density at radius 1 is 1.03 bits per heavy atom. The van der Waals surface area contributed by atoms with E-state index in [0.29, 0.717) is 18.6 Å². The summed E-state index contributed by atoms with van der Waals surface area (Å²) < 4.78 is 83.4. The number of aryl methyl sites for hydroxylation is 1. The van der Waals surface area contributed by atoms with Crippen molar-refractivity contribution in [2.24, 2.45) is 5.73 Å². The van der Waals surface area contributed by atoms with E-state index >= 15 is 0 Å². The number of nitrogens with one attached hydrogen (secondary N) is 1. The molecule has 2 rings (SSSR count). The maximum absolute atomic E-state index is 13.0. The minimum absolute atomic E-state index is 0.0385. The van der Waals surface area contributed by atoms with Gasteiger partial charge in [0.15, 0.2) is 0 Å². The molecule has 0 saturated heterocycles. The predicted molar refractivity (Wildman–Crippen MR) is 108 cm³/mol. The van der Waals surface area contributed by atoms with Crippen LogP contribution in [0, 0.1) is 0 Å². The molecule has 182 valence electrons. The number of benzene rings is 2. The number of carboxylic acids is 1. The van der Waals surface area contributed by atoms with Gasteiger partial charge in [0.05, 0.1) is 24.0 Å². The van der Waals surface area contributed by atoms with Crippen LogP contribution in [0.3, 0.4) is 0 Å². The highest BCUT2D eigenvalue weighted by Crippen LogP contribution is 2.37. The molecular formula is C22H24F6N2O3. The van der Waals surface area contributed by atoms with Gasteiger partial charge in [-0.05, 0) is 49.1 Å². The van der Waals surface area contributed by atoms with Crippen molar-refractivity contribution in [1.29, 1.82) is 0 Å². The summed E-state index contributed by atoms with van der Waals surface area (Å²) in [5.74, 6) is -1.26. The summed E-state index contributed by atoms with van der Waals surface area (Å²) in [5, 5.41) is 12.2. The number of rotatable bonds is 10. The number of halogens is 6. The highest BCUT2D eigenvalue weighted by Gasteiger charge is 2.37. The molecule has 0 aliphatic rings. The summed E-state index contributed by atoms with van der Waals surface area (Å²) in [6.45, 7) is 0.730. The number of ether oxygens (including phenoxy) is 1. The molecule has 0 saturated carbocycles. The van der Waals surface area contributed by atoms with Crippen LogP contribution < -0.4 is 11.1 Å². The van der Waals surface area contributed by atoms with E-state index in [1.165, 1.54) is 6.92 Å². The predicted octanol–water partition coefficient (Wildman–Crippen LogP) is 4.76. The summed E-state index contributed by atoms with van der Waals surface area (Å²) >= 11 is 0. The lowest BCUT2D eigenvalue weighted by atomic mass is 9.92. The summed E-state index contributed by atoms with van der Waals surface area (Å²) in [5.41, 5.74) is 2.02. The van der Waals surface area contributed by atoms with Gasteiger partial charge in [-0.2, -0.15) is 26.3 Å². The van der Waals surface area contributed by atoms with Crippen LogP contribution in [0.1, 0.15) is 41.7 Å². The first kappa shape index (κ1) is 26.6. The first-order chi connectivity index (χ1) is 15.2. The standard InChI is InChI=1S/C22H24F6N2O3/c1-14(16-9-17(21(23,24)25)11-18(10-16)22(26,27)28)33-13-30-12-20(29,19(31)32)8-7-15-5-3-2-4-6-15/h2-6,9-11,14,30H,7-8,12-13,29H2,1H3,(H,31,32)/t14-,20+/m1/s1. The fourth-order valence-electron chi connectivity index (χ4n) is 3.05. The lowest BCUT2D eigenvalue weighted by Gasteiger charge is -2.26. The first-order valence-electron chi connectivity index (χ1n) is 9.90. The molecule has 0 heterocycles. The van der Waals surface area contributed by atoms with Crippen molar-refractivity contribution in [3.05, 3.63) is 70.8 Å². The van der Waals surface area contributed by atoms with E-state index in [4.69, 9.17) is 10.5 Å². The third kappa shape index (κ3) is 7.72. The van der Waals surface area contributed by atoms with Gasteiger partial charge in [-0.15, -0.1) is 0 Å². The Kier molecular flexibility index (Phi) is 8.50. The van der Waals surface area contributed by atoms with E-state index in [1.807, 2.05) is 18.2 Å². The Balaban J connectivity index is 2.00. The molecule has 0 spiro atoms. The molecule has 0 bridgehead atoms. The number of aliphatic carboxylic acids is 1. The molecule has 4 N–H and O–H groups in total.